The van der Waals surface area contributed by atoms with Crippen molar-refractivity contribution in [2.45, 2.75) is 52.5 Å². The second-order valence-corrected chi connectivity index (χ2v) is 5.86. The van der Waals surface area contributed by atoms with Gasteiger partial charge in [-0.15, -0.1) is 0 Å². The number of hydrogen-bond donors (Lipinski definition) is 1. The molecule has 1 heterocycles. The topological polar surface area (TPSA) is 15.3 Å². The van der Waals surface area contributed by atoms with Gasteiger partial charge in [-0.2, -0.15) is 0 Å². The van der Waals surface area contributed by atoms with Crippen LogP contribution in [0.4, 0.5) is 5.69 Å². The summed E-state index contributed by atoms with van der Waals surface area (Å²) in [4.78, 5) is 2.62. The van der Waals surface area contributed by atoms with Gasteiger partial charge in [0.2, 0.25) is 0 Å². The largest absolute Gasteiger partial charge is 0.382 e. The highest BCUT2D eigenvalue weighted by Crippen LogP contribution is 2.22. The number of hydrogen-bond acceptors (Lipinski definition) is 2. The van der Waals surface area contributed by atoms with Gasteiger partial charge >= 0.3 is 0 Å². The Balaban J connectivity index is 1.94. The molecule has 1 unspecified atom stereocenters. The van der Waals surface area contributed by atoms with Gasteiger partial charge in [-0.3, -0.25) is 0 Å². The van der Waals surface area contributed by atoms with Gasteiger partial charge in [0.25, 0.3) is 0 Å². The summed E-state index contributed by atoms with van der Waals surface area (Å²) in [6, 6.07) is 7.21. The number of aryl methyl sites for hydroxylation is 1. The maximum Gasteiger partial charge on any atom is 0.0374 e. The first-order valence-electron chi connectivity index (χ1n) is 7.75. The lowest BCUT2D eigenvalue weighted by molar-refractivity contribution is 0.285. The summed E-state index contributed by atoms with van der Waals surface area (Å²) >= 11 is 0. The van der Waals surface area contributed by atoms with E-state index in [2.05, 4.69) is 49.2 Å². The minimum absolute atomic E-state index is 0.641. The highest BCUT2D eigenvalue weighted by Gasteiger charge is 2.16. The molecule has 0 aromatic heterocycles. The van der Waals surface area contributed by atoms with E-state index < -0.39 is 0 Å². The standard InChI is InChI=1S/C17H28N2/c1-4-11-19-12-6-8-16(10-13-19)18-17-9-5-7-14(2)15(17)3/h5,7,9,16,18H,4,6,8,10-13H2,1-3H3. The lowest BCUT2D eigenvalue weighted by Crippen LogP contribution is -2.27. The molecular formula is C17H28N2. The molecule has 106 valence electrons. The van der Waals surface area contributed by atoms with Crippen molar-refractivity contribution in [3.8, 4) is 0 Å². The number of anilines is 1. The van der Waals surface area contributed by atoms with E-state index in [4.69, 9.17) is 0 Å². The third-order valence-corrected chi connectivity index (χ3v) is 4.32. The van der Waals surface area contributed by atoms with Crippen molar-refractivity contribution in [2.75, 3.05) is 25.0 Å². The summed E-state index contributed by atoms with van der Waals surface area (Å²) in [5, 5.41) is 3.77. The fraction of sp³-hybridized carbons (Fsp3) is 0.647. The smallest absolute Gasteiger partial charge is 0.0374 e. The quantitative estimate of drug-likeness (QED) is 0.881. The van der Waals surface area contributed by atoms with Crippen molar-refractivity contribution >= 4 is 5.69 Å². The molecule has 2 nitrogen and oxygen atoms in total. The van der Waals surface area contributed by atoms with E-state index in [0.717, 1.165) is 0 Å². The van der Waals surface area contributed by atoms with Gasteiger partial charge in [-0.1, -0.05) is 19.1 Å². The average molecular weight is 260 g/mol. The monoisotopic (exact) mass is 260 g/mol. The van der Waals surface area contributed by atoms with Crippen LogP contribution in [0.3, 0.4) is 0 Å². The molecular weight excluding hydrogens is 232 g/mol. The predicted octanol–water partition coefficient (Wildman–Crippen LogP) is 3.98. The Kier molecular flexibility index (Phi) is 5.26. The van der Waals surface area contributed by atoms with Crippen LogP contribution in [-0.4, -0.2) is 30.6 Å². The summed E-state index contributed by atoms with van der Waals surface area (Å²) in [7, 11) is 0. The van der Waals surface area contributed by atoms with Crippen LogP contribution in [0.25, 0.3) is 0 Å². The minimum Gasteiger partial charge on any atom is -0.382 e. The van der Waals surface area contributed by atoms with Crippen molar-refractivity contribution in [3.05, 3.63) is 29.3 Å². The van der Waals surface area contributed by atoms with Crippen LogP contribution in [0.2, 0.25) is 0 Å². The summed E-state index contributed by atoms with van der Waals surface area (Å²) in [6.07, 6.45) is 5.17. The van der Waals surface area contributed by atoms with Crippen molar-refractivity contribution in [1.29, 1.82) is 0 Å². The molecule has 0 aliphatic carbocycles. The Morgan fingerprint density at radius 1 is 1.21 bits per heavy atom. The number of nitrogens with one attached hydrogen (secondary N) is 1. The van der Waals surface area contributed by atoms with Crippen LogP contribution in [0.1, 0.15) is 43.7 Å². The highest BCUT2D eigenvalue weighted by atomic mass is 15.1. The molecule has 0 bridgehead atoms. The number of nitrogens with zero attached hydrogens (tertiary/aromatic N) is 1. The summed E-state index contributed by atoms with van der Waals surface area (Å²) in [5.41, 5.74) is 4.11. The molecule has 0 radical (unpaired) electrons. The SMILES string of the molecule is CCCN1CCCC(Nc2cccc(C)c2C)CC1. The molecule has 1 aromatic rings. The van der Waals surface area contributed by atoms with Gasteiger partial charge in [-0.25, -0.2) is 0 Å². The fourth-order valence-electron chi connectivity index (χ4n) is 2.97. The highest BCUT2D eigenvalue weighted by molar-refractivity contribution is 5.54. The predicted molar refractivity (Wildman–Crippen MR) is 83.9 cm³/mol. The molecule has 1 N–H and O–H groups in total. The Morgan fingerprint density at radius 2 is 2.05 bits per heavy atom. The van der Waals surface area contributed by atoms with Crippen molar-refractivity contribution in [3.63, 3.8) is 0 Å². The zero-order valence-corrected chi connectivity index (χ0v) is 12.7. The van der Waals surface area contributed by atoms with Crippen LogP contribution in [0.5, 0.6) is 0 Å². The van der Waals surface area contributed by atoms with Crippen LogP contribution < -0.4 is 5.32 Å². The second kappa shape index (κ2) is 6.95. The van der Waals surface area contributed by atoms with Gasteiger partial charge in [0.05, 0.1) is 0 Å². The molecule has 2 rings (SSSR count). The molecule has 0 spiro atoms. The maximum atomic E-state index is 3.77. The van der Waals surface area contributed by atoms with E-state index in [1.165, 1.54) is 62.1 Å². The Hall–Kier alpha value is -1.02. The van der Waals surface area contributed by atoms with Crippen LogP contribution in [0, 0.1) is 13.8 Å². The van der Waals surface area contributed by atoms with E-state index in [-0.39, 0.29) is 0 Å². The van der Waals surface area contributed by atoms with Crippen LogP contribution in [0.15, 0.2) is 18.2 Å². The third kappa shape index (κ3) is 3.97. The normalized spacial score (nSPS) is 21.1. The molecule has 0 amide bonds. The van der Waals surface area contributed by atoms with Gasteiger partial charge in [0, 0.05) is 18.3 Å². The minimum atomic E-state index is 0.641. The summed E-state index contributed by atoms with van der Waals surface area (Å²) < 4.78 is 0. The summed E-state index contributed by atoms with van der Waals surface area (Å²) in [6.45, 7) is 10.5. The zero-order valence-electron chi connectivity index (χ0n) is 12.7. The second-order valence-electron chi connectivity index (χ2n) is 5.86. The molecule has 1 saturated heterocycles. The Labute approximate surface area is 118 Å². The number of benzene rings is 1. The third-order valence-electron chi connectivity index (χ3n) is 4.32. The lowest BCUT2D eigenvalue weighted by atomic mass is 10.1. The first-order valence-corrected chi connectivity index (χ1v) is 7.75. The molecule has 1 aromatic carbocycles. The van der Waals surface area contributed by atoms with Gasteiger partial charge < -0.3 is 10.2 Å². The average Bonchev–Trinajstić information content (AvgIpc) is 2.61. The maximum absolute atomic E-state index is 3.77. The van der Waals surface area contributed by atoms with Crippen molar-refractivity contribution < 1.29 is 0 Å². The van der Waals surface area contributed by atoms with Gasteiger partial charge in [0.15, 0.2) is 0 Å². The van der Waals surface area contributed by atoms with Crippen molar-refractivity contribution in [2.24, 2.45) is 0 Å². The molecule has 1 aliphatic rings. The molecule has 2 heteroatoms. The van der Waals surface area contributed by atoms with Gasteiger partial charge in [0.1, 0.15) is 0 Å². The van der Waals surface area contributed by atoms with Crippen molar-refractivity contribution in [1.82, 2.24) is 4.90 Å². The first-order chi connectivity index (χ1) is 9.20. The molecule has 19 heavy (non-hydrogen) atoms. The van der Waals surface area contributed by atoms with E-state index in [0.29, 0.717) is 6.04 Å². The molecule has 1 aliphatic heterocycles. The van der Waals surface area contributed by atoms with E-state index in [9.17, 15) is 0 Å². The zero-order chi connectivity index (χ0) is 13.7. The van der Waals surface area contributed by atoms with E-state index >= 15 is 0 Å². The lowest BCUT2D eigenvalue weighted by Gasteiger charge is -2.21. The molecule has 1 atom stereocenters. The van der Waals surface area contributed by atoms with E-state index in [1.807, 2.05) is 0 Å². The fourth-order valence-corrected chi connectivity index (χ4v) is 2.97. The number of likely N-dealkylation sites (tertiary alicyclic amines) is 1. The number of rotatable bonds is 4. The Bertz CT molecular complexity index is 400. The molecule has 0 saturated carbocycles. The first kappa shape index (κ1) is 14.4. The Morgan fingerprint density at radius 3 is 2.84 bits per heavy atom. The summed E-state index contributed by atoms with van der Waals surface area (Å²) in [5.74, 6) is 0. The van der Waals surface area contributed by atoms with Crippen LogP contribution >= 0.6 is 0 Å². The van der Waals surface area contributed by atoms with E-state index in [1.54, 1.807) is 0 Å². The van der Waals surface area contributed by atoms with Gasteiger partial charge in [-0.05, 0) is 69.8 Å². The molecule has 1 fully saturated rings. The van der Waals surface area contributed by atoms with Crippen LogP contribution in [-0.2, 0) is 0 Å².